The van der Waals surface area contributed by atoms with Crippen LogP contribution in [0, 0.1) is 6.92 Å². The summed E-state index contributed by atoms with van der Waals surface area (Å²) in [5.74, 6) is 0.892. The summed E-state index contributed by atoms with van der Waals surface area (Å²) in [6.07, 6.45) is 3.64. The number of piperidine rings is 1. The van der Waals surface area contributed by atoms with E-state index in [0.717, 1.165) is 44.0 Å². The first-order valence-electron chi connectivity index (χ1n) is 9.45. The van der Waals surface area contributed by atoms with E-state index in [1.54, 1.807) is 7.11 Å². The molecule has 2 saturated heterocycles. The van der Waals surface area contributed by atoms with Crippen molar-refractivity contribution in [2.75, 3.05) is 33.3 Å². The van der Waals surface area contributed by atoms with E-state index in [2.05, 4.69) is 33.8 Å². The first kappa shape index (κ1) is 16.9. The predicted octanol–water partition coefficient (Wildman–Crippen LogP) is 2.52. The summed E-state index contributed by atoms with van der Waals surface area (Å²) >= 11 is 0. The third kappa shape index (κ3) is 3.28. The summed E-state index contributed by atoms with van der Waals surface area (Å²) in [7, 11) is 1.70. The van der Waals surface area contributed by atoms with Crippen LogP contribution in [0.2, 0.25) is 0 Å². The van der Waals surface area contributed by atoms with Crippen LogP contribution in [0.4, 0.5) is 0 Å². The molecule has 2 aromatic rings. The predicted molar refractivity (Wildman–Crippen MR) is 100 cm³/mol. The number of fused-ring (bicyclic) bond motifs is 1. The third-order valence-corrected chi connectivity index (χ3v) is 5.95. The van der Waals surface area contributed by atoms with Gasteiger partial charge in [0.25, 0.3) is 0 Å². The molecule has 25 heavy (non-hydrogen) atoms. The van der Waals surface area contributed by atoms with Gasteiger partial charge in [-0.25, -0.2) is 0 Å². The average Bonchev–Trinajstić information content (AvgIpc) is 3.16. The van der Waals surface area contributed by atoms with Gasteiger partial charge in [0.1, 0.15) is 5.75 Å². The van der Waals surface area contributed by atoms with Crippen LogP contribution in [0.25, 0.3) is 10.9 Å². The highest BCUT2D eigenvalue weighted by Crippen LogP contribution is 2.28. The summed E-state index contributed by atoms with van der Waals surface area (Å²) in [5.41, 5.74) is 3.68. The van der Waals surface area contributed by atoms with Gasteiger partial charge in [-0.1, -0.05) is 6.42 Å². The highest BCUT2D eigenvalue weighted by molar-refractivity contribution is 5.85. The van der Waals surface area contributed by atoms with E-state index >= 15 is 0 Å². The summed E-state index contributed by atoms with van der Waals surface area (Å²) in [4.78, 5) is 8.44. The highest BCUT2D eigenvalue weighted by atomic mass is 16.5. The number of benzene rings is 1. The molecule has 2 aliphatic heterocycles. The molecule has 0 aliphatic carbocycles. The Balaban J connectivity index is 1.49. The molecule has 2 atom stereocenters. The quantitative estimate of drug-likeness (QED) is 0.896. The van der Waals surface area contributed by atoms with Crippen molar-refractivity contribution < 1.29 is 9.84 Å². The van der Waals surface area contributed by atoms with Crippen molar-refractivity contribution in [1.82, 2.24) is 14.8 Å². The number of β-amino-alcohol motifs (C(OH)–C–C–N with tert-alkyl or cyclic N) is 1. The Morgan fingerprint density at radius 2 is 2.00 bits per heavy atom. The second kappa shape index (κ2) is 6.98. The van der Waals surface area contributed by atoms with Crippen LogP contribution in [0.1, 0.15) is 30.5 Å². The largest absolute Gasteiger partial charge is 0.497 e. The van der Waals surface area contributed by atoms with Gasteiger partial charge < -0.3 is 14.8 Å². The molecule has 2 aliphatic rings. The van der Waals surface area contributed by atoms with Gasteiger partial charge in [0, 0.05) is 42.3 Å². The fourth-order valence-corrected chi connectivity index (χ4v) is 4.46. The molecule has 2 N–H and O–H groups in total. The Morgan fingerprint density at radius 3 is 2.76 bits per heavy atom. The van der Waals surface area contributed by atoms with Gasteiger partial charge in [-0.2, -0.15) is 0 Å². The van der Waals surface area contributed by atoms with Gasteiger partial charge in [-0.3, -0.25) is 9.80 Å². The van der Waals surface area contributed by atoms with Crippen molar-refractivity contribution in [3.8, 4) is 5.75 Å². The van der Waals surface area contributed by atoms with Crippen LogP contribution >= 0.6 is 0 Å². The number of H-pyrrole nitrogens is 1. The molecule has 0 spiro atoms. The molecule has 5 heteroatoms. The number of likely N-dealkylation sites (tertiary alicyclic amines) is 2. The Labute approximate surface area is 149 Å². The van der Waals surface area contributed by atoms with E-state index in [1.165, 1.54) is 35.9 Å². The van der Waals surface area contributed by atoms with Crippen LogP contribution in [-0.2, 0) is 6.54 Å². The van der Waals surface area contributed by atoms with E-state index < -0.39 is 0 Å². The fourth-order valence-electron chi connectivity index (χ4n) is 4.46. The minimum atomic E-state index is -0.233. The van der Waals surface area contributed by atoms with E-state index in [-0.39, 0.29) is 6.10 Å². The number of methoxy groups -OCH3 is 1. The maximum absolute atomic E-state index is 10.6. The third-order valence-electron chi connectivity index (χ3n) is 5.95. The molecule has 0 unspecified atom stereocenters. The number of nitrogens with zero attached hydrogens (tertiary/aromatic N) is 2. The summed E-state index contributed by atoms with van der Waals surface area (Å²) in [6.45, 7) is 7.03. The van der Waals surface area contributed by atoms with Gasteiger partial charge >= 0.3 is 0 Å². The molecule has 1 aromatic heterocycles. The number of aryl methyl sites for hydroxylation is 1. The number of aliphatic hydroxyl groups is 1. The molecular formula is C20H29N3O2. The van der Waals surface area contributed by atoms with Crippen molar-refractivity contribution in [3.05, 3.63) is 29.5 Å². The van der Waals surface area contributed by atoms with Gasteiger partial charge in [0.15, 0.2) is 0 Å². The van der Waals surface area contributed by atoms with Gasteiger partial charge in [0.05, 0.1) is 13.2 Å². The van der Waals surface area contributed by atoms with Crippen molar-refractivity contribution in [2.24, 2.45) is 0 Å². The standard InChI is InChI=1S/C20H29N3O2/c1-14-16-10-15(25-2)6-7-17(16)21-18(14)11-22-12-19(20(24)13-22)23-8-4-3-5-9-23/h6-7,10,19-21,24H,3-5,8-9,11-13H2,1-2H3/t19-,20-/m0/s1. The van der Waals surface area contributed by atoms with Crippen molar-refractivity contribution in [1.29, 1.82) is 0 Å². The molecule has 0 bridgehead atoms. The normalized spacial score (nSPS) is 25.7. The average molecular weight is 343 g/mol. The maximum Gasteiger partial charge on any atom is 0.119 e. The van der Waals surface area contributed by atoms with Gasteiger partial charge in [-0.05, 0) is 56.6 Å². The molecule has 5 nitrogen and oxygen atoms in total. The minimum Gasteiger partial charge on any atom is -0.497 e. The monoisotopic (exact) mass is 343 g/mol. The Kier molecular flexibility index (Phi) is 4.71. The Hall–Kier alpha value is -1.56. The first-order valence-corrected chi connectivity index (χ1v) is 9.45. The zero-order valence-corrected chi connectivity index (χ0v) is 15.3. The van der Waals surface area contributed by atoms with Crippen LogP contribution < -0.4 is 4.74 Å². The SMILES string of the molecule is COc1ccc2[nH]c(CN3C[C@H](O)[C@@H](N4CCCCC4)C3)c(C)c2c1. The molecule has 1 aromatic carbocycles. The molecule has 0 saturated carbocycles. The Morgan fingerprint density at radius 1 is 1.20 bits per heavy atom. The van der Waals surface area contributed by atoms with E-state index in [4.69, 9.17) is 4.74 Å². The molecule has 0 radical (unpaired) electrons. The highest BCUT2D eigenvalue weighted by Gasteiger charge is 2.36. The lowest BCUT2D eigenvalue weighted by Crippen LogP contribution is -2.45. The van der Waals surface area contributed by atoms with Crippen LogP contribution in [0.15, 0.2) is 18.2 Å². The number of aromatic amines is 1. The lowest BCUT2D eigenvalue weighted by atomic mass is 10.1. The second-order valence-corrected chi connectivity index (χ2v) is 7.57. The number of aliphatic hydroxyl groups excluding tert-OH is 1. The lowest BCUT2D eigenvalue weighted by Gasteiger charge is -2.33. The van der Waals surface area contributed by atoms with Gasteiger partial charge in [-0.15, -0.1) is 0 Å². The molecule has 0 amide bonds. The fraction of sp³-hybridized carbons (Fsp3) is 0.600. The molecule has 4 rings (SSSR count). The number of hydrogen-bond donors (Lipinski definition) is 2. The van der Waals surface area contributed by atoms with E-state index in [9.17, 15) is 5.11 Å². The summed E-state index contributed by atoms with van der Waals surface area (Å²) in [6, 6.07) is 6.47. The molecule has 2 fully saturated rings. The van der Waals surface area contributed by atoms with E-state index in [1.807, 2.05) is 6.07 Å². The lowest BCUT2D eigenvalue weighted by molar-refractivity contribution is 0.0706. The zero-order valence-electron chi connectivity index (χ0n) is 15.3. The number of aromatic nitrogens is 1. The van der Waals surface area contributed by atoms with Gasteiger partial charge in [0.2, 0.25) is 0 Å². The smallest absolute Gasteiger partial charge is 0.119 e. The number of ether oxygens (including phenoxy) is 1. The molecular weight excluding hydrogens is 314 g/mol. The van der Waals surface area contributed by atoms with E-state index in [0.29, 0.717) is 6.04 Å². The molecule has 136 valence electrons. The number of hydrogen-bond acceptors (Lipinski definition) is 4. The molecule has 3 heterocycles. The second-order valence-electron chi connectivity index (χ2n) is 7.57. The van der Waals surface area contributed by atoms with Crippen molar-refractivity contribution >= 4 is 10.9 Å². The van der Waals surface area contributed by atoms with Crippen LogP contribution in [0.5, 0.6) is 5.75 Å². The van der Waals surface area contributed by atoms with Crippen molar-refractivity contribution in [2.45, 2.75) is 44.9 Å². The van der Waals surface area contributed by atoms with Crippen LogP contribution in [0.3, 0.4) is 0 Å². The van der Waals surface area contributed by atoms with Crippen LogP contribution in [-0.4, -0.2) is 65.3 Å². The maximum atomic E-state index is 10.6. The number of rotatable bonds is 4. The Bertz CT molecular complexity index is 736. The zero-order chi connectivity index (χ0) is 17.4. The first-order chi connectivity index (χ1) is 12.2. The van der Waals surface area contributed by atoms with Crippen molar-refractivity contribution in [3.63, 3.8) is 0 Å². The topological polar surface area (TPSA) is 51.7 Å². The summed E-state index contributed by atoms with van der Waals surface area (Å²) < 4.78 is 5.35. The number of nitrogens with one attached hydrogen (secondary N) is 1. The summed E-state index contributed by atoms with van der Waals surface area (Å²) in [5, 5.41) is 11.8. The minimum absolute atomic E-state index is 0.233.